The summed E-state index contributed by atoms with van der Waals surface area (Å²) < 4.78 is 3.90. The van der Waals surface area contributed by atoms with E-state index in [1.54, 1.807) is 0 Å². The van der Waals surface area contributed by atoms with Crippen LogP contribution in [0.4, 0.5) is 0 Å². The number of hydrogen-bond acceptors (Lipinski definition) is 1. The van der Waals surface area contributed by atoms with Gasteiger partial charge in [-0.15, -0.1) is 0 Å². The molecule has 2 nitrogen and oxygen atoms in total. The zero-order valence-corrected chi connectivity index (χ0v) is 22.4. The SMILES string of the molecule is CC(C)Cc1cc(-c2ccc3c(c2)c2ccccc2n3-c2ccccc2)nc[c]1[Ge]([CH3])([CH3])[CH3]. The maximum atomic E-state index is 4.98. The molecular weight excluding hydrogens is 461 g/mol. The van der Waals surface area contributed by atoms with E-state index in [-0.39, 0.29) is 0 Å². The van der Waals surface area contributed by atoms with E-state index in [1.807, 2.05) is 0 Å². The molecule has 0 N–H and O–H groups in total. The fourth-order valence-electron chi connectivity index (χ4n) is 4.93. The van der Waals surface area contributed by atoms with Crippen LogP contribution in [0.25, 0.3) is 38.8 Å². The molecule has 0 aliphatic carbocycles. The quantitative estimate of drug-likeness (QED) is 0.231. The van der Waals surface area contributed by atoms with E-state index < -0.39 is 13.3 Å². The zero-order valence-electron chi connectivity index (χ0n) is 20.3. The molecular formula is C30H32GeN2. The third kappa shape index (κ3) is 4.13. The number of benzene rings is 3. The van der Waals surface area contributed by atoms with Gasteiger partial charge in [0.25, 0.3) is 0 Å². The first-order valence-electron chi connectivity index (χ1n) is 11.9. The molecule has 0 aliphatic rings. The molecule has 0 radical (unpaired) electrons. The number of fused-ring (bicyclic) bond motifs is 3. The standard InChI is InChI=1S/C30H32GeN2/c1-21(2)17-23-19-28(32-20-27(23)31(3,4)5)22-15-16-30-26(18-22)25-13-9-10-14-29(25)33(30)24-11-7-6-8-12-24/h6-16,18-21H,17H2,1-5H3. The van der Waals surface area contributed by atoms with Crippen molar-refractivity contribution in [2.75, 3.05) is 0 Å². The van der Waals surface area contributed by atoms with Crippen LogP contribution in [-0.4, -0.2) is 22.8 Å². The Morgan fingerprint density at radius 3 is 2.21 bits per heavy atom. The van der Waals surface area contributed by atoms with Gasteiger partial charge in [0.15, 0.2) is 0 Å². The molecule has 0 atom stereocenters. The molecule has 2 aromatic heterocycles. The van der Waals surface area contributed by atoms with Crippen molar-refractivity contribution in [3.63, 3.8) is 0 Å². The van der Waals surface area contributed by atoms with Crippen LogP contribution in [0, 0.1) is 5.92 Å². The van der Waals surface area contributed by atoms with Crippen LogP contribution in [0.5, 0.6) is 0 Å². The van der Waals surface area contributed by atoms with Gasteiger partial charge >= 0.3 is 194 Å². The van der Waals surface area contributed by atoms with Gasteiger partial charge in [-0.25, -0.2) is 0 Å². The van der Waals surface area contributed by atoms with Crippen LogP contribution in [0.2, 0.25) is 17.3 Å². The van der Waals surface area contributed by atoms with Crippen LogP contribution >= 0.6 is 0 Å². The van der Waals surface area contributed by atoms with Crippen LogP contribution in [0.1, 0.15) is 19.4 Å². The number of para-hydroxylation sites is 2. The third-order valence-electron chi connectivity index (χ3n) is 6.41. The fourth-order valence-corrected chi connectivity index (χ4v) is 8.26. The molecule has 0 saturated heterocycles. The molecule has 5 aromatic rings. The molecule has 0 fully saturated rings. The summed E-state index contributed by atoms with van der Waals surface area (Å²) >= 11 is -1.99. The Morgan fingerprint density at radius 2 is 1.48 bits per heavy atom. The second kappa shape index (κ2) is 8.50. The second-order valence-corrected chi connectivity index (χ2v) is 21.1. The first-order chi connectivity index (χ1) is 15.8. The molecule has 166 valence electrons. The van der Waals surface area contributed by atoms with E-state index in [1.165, 1.54) is 43.0 Å². The van der Waals surface area contributed by atoms with Gasteiger partial charge < -0.3 is 0 Å². The van der Waals surface area contributed by atoms with E-state index in [0.717, 1.165) is 12.1 Å². The Bertz CT molecular complexity index is 1440. The number of aromatic nitrogens is 2. The summed E-state index contributed by atoms with van der Waals surface area (Å²) in [6.45, 7) is 4.62. The van der Waals surface area contributed by atoms with Crippen molar-refractivity contribution in [2.24, 2.45) is 5.92 Å². The van der Waals surface area contributed by atoms with Crippen LogP contribution in [0.3, 0.4) is 0 Å². The monoisotopic (exact) mass is 494 g/mol. The summed E-state index contributed by atoms with van der Waals surface area (Å²) in [6.07, 6.45) is 3.30. The number of hydrogen-bond donors (Lipinski definition) is 0. The van der Waals surface area contributed by atoms with E-state index in [4.69, 9.17) is 4.98 Å². The van der Waals surface area contributed by atoms with Crippen molar-refractivity contribution >= 4 is 39.5 Å². The summed E-state index contributed by atoms with van der Waals surface area (Å²) in [7, 11) is 0. The normalized spacial score (nSPS) is 12.2. The molecule has 0 bridgehead atoms. The van der Waals surface area contributed by atoms with Gasteiger partial charge in [-0.3, -0.25) is 0 Å². The first kappa shape index (κ1) is 22.0. The minimum atomic E-state index is -1.99. The Morgan fingerprint density at radius 1 is 0.788 bits per heavy atom. The number of rotatable bonds is 5. The number of nitrogens with zero attached hydrogens (tertiary/aromatic N) is 2. The maximum absolute atomic E-state index is 4.98. The summed E-state index contributed by atoms with van der Waals surface area (Å²) in [6, 6.07) is 28.5. The van der Waals surface area contributed by atoms with Gasteiger partial charge in [0, 0.05) is 0 Å². The van der Waals surface area contributed by atoms with Crippen molar-refractivity contribution in [1.82, 2.24) is 9.55 Å². The van der Waals surface area contributed by atoms with E-state index in [0.29, 0.717) is 5.92 Å². The van der Waals surface area contributed by atoms with Gasteiger partial charge in [-0.1, -0.05) is 6.07 Å². The molecule has 3 aromatic carbocycles. The summed E-state index contributed by atoms with van der Waals surface area (Å²) in [5.74, 6) is 8.02. The van der Waals surface area contributed by atoms with Gasteiger partial charge in [-0.05, 0) is 0 Å². The molecule has 0 amide bonds. The molecule has 2 heterocycles. The molecule has 0 saturated carbocycles. The molecule has 0 spiro atoms. The zero-order chi connectivity index (χ0) is 23.2. The Balaban J connectivity index is 1.71. The second-order valence-electron chi connectivity index (χ2n) is 10.5. The van der Waals surface area contributed by atoms with Crippen molar-refractivity contribution in [1.29, 1.82) is 0 Å². The average Bonchev–Trinajstić information content (AvgIpc) is 3.12. The van der Waals surface area contributed by atoms with Gasteiger partial charge in [0.1, 0.15) is 0 Å². The van der Waals surface area contributed by atoms with Crippen LogP contribution in [0.15, 0.2) is 85.1 Å². The van der Waals surface area contributed by atoms with Crippen LogP contribution < -0.4 is 4.40 Å². The van der Waals surface area contributed by atoms with Gasteiger partial charge in [0.2, 0.25) is 0 Å². The van der Waals surface area contributed by atoms with Gasteiger partial charge in [-0.2, -0.15) is 0 Å². The van der Waals surface area contributed by atoms with Crippen molar-refractivity contribution in [3.8, 4) is 16.9 Å². The molecule has 5 rings (SSSR count). The van der Waals surface area contributed by atoms with Crippen molar-refractivity contribution in [3.05, 3.63) is 90.6 Å². The summed E-state index contributed by atoms with van der Waals surface area (Å²) in [4.78, 5) is 4.98. The molecule has 0 aliphatic heterocycles. The summed E-state index contributed by atoms with van der Waals surface area (Å²) in [5.41, 5.74) is 7.43. The van der Waals surface area contributed by atoms with E-state index in [9.17, 15) is 0 Å². The fraction of sp³-hybridized carbons (Fsp3) is 0.233. The average molecular weight is 493 g/mol. The van der Waals surface area contributed by atoms with Crippen molar-refractivity contribution < 1.29 is 0 Å². The van der Waals surface area contributed by atoms with Crippen molar-refractivity contribution in [2.45, 2.75) is 37.5 Å². The van der Waals surface area contributed by atoms with E-state index >= 15 is 0 Å². The molecule has 33 heavy (non-hydrogen) atoms. The third-order valence-corrected chi connectivity index (χ3v) is 10.7. The summed E-state index contributed by atoms with van der Waals surface area (Å²) in [5, 5.41) is 2.55. The predicted molar refractivity (Wildman–Crippen MR) is 146 cm³/mol. The molecule has 0 unspecified atom stereocenters. The molecule has 3 heteroatoms. The Hall–Kier alpha value is -2.85. The topological polar surface area (TPSA) is 17.8 Å². The Labute approximate surface area is 199 Å². The minimum absolute atomic E-state index is 0.634. The first-order valence-corrected chi connectivity index (χ1v) is 19.3. The van der Waals surface area contributed by atoms with Crippen LogP contribution in [-0.2, 0) is 6.42 Å². The number of pyridine rings is 1. The van der Waals surface area contributed by atoms with Gasteiger partial charge in [0.05, 0.1) is 0 Å². The Kier molecular flexibility index (Phi) is 5.66. The van der Waals surface area contributed by atoms with E-state index in [2.05, 4.69) is 121 Å². The predicted octanol–water partition coefficient (Wildman–Crippen LogP) is 7.59.